The van der Waals surface area contributed by atoms with E-state index >= 15 is 0 Å². The minimum Gasteiger partial charge on any atom is -0.494 e. The van der Waals surface area contributed by atoms with Crippen LogP contribution in [0.15, 0.2) is 47.6 Å². The molecule has 0 saturated heterocycles. The Balaban J connectivity index is 1.76. The van der Waals surface area contributed by atoms with Crippen molar-refractivity contribution in [3.63, 3.8) is 0 Å². The van der Waals surface area contributed by atoms with Gasteiger partial charge in [0.1, 0.15) is 30.5 Å². The molecule has 0 unspecified atom stereocenters. The molecular weight excluding hydrogens is 420 g/mol. The molecule has 7 nitrogen and oxygen atoms in total. The summed E-state index contributed by atoms with van der Waals surface area (Å²) in [5.74, 6) is 2.14. The van der Waals surface area contributed by atoms with E-state index in [-0.39, 0.29) is 0 Å². The smallest absolute Gasteiger partial charge is 0.427 e. The van der Waals surface area contributed by atoms with Gasteiger partial charge in [-0.25, -0.2) is 10.2 Å². The van der Waals surface area contributed by atoms with Gasteiger partial charge >= 0.3 is 6.09 Å². The topological polar surface area (TPSA) is 78.4 Å². The minimum absolute atomic E-state index is 0.322. The first kappa shape index (κ1) is 24.3. The van der Waals surface area contributed by atoms with E-state index in [4.69, 9.17) is 25.8 Å². The SMILES string of the molecule is CCCCCCOc1ccc(OCCOc2ccc(Cl)cc2/C=N/NC(=O)OC)cc1. The number of carbonyl (C=O) groups is 1. The number of nitrogens with zero attached hydrogens (tertiary/aromatic N) is 1. The number of nitrogens with one attached hydrogen (secondary N) is 1. The molecule has 0 radical (unpaired) electrons. The first-order valence-electron chi connectivity index (χ1n) is 10.3. The van der Waals surface area contributed by atoms with E-state index in [9.17, 15) is 4.79 Å². The Morgan fingerprint density at radius 2 is 1.65 bits per heavy atom. The van der Waals surface area contributed by atoms with Crippen molar-refractivity contribution < 1.29 is 23.7 Å². The average Bonchev–Trinajstić information content (AvgIpc) is 2.78. The van der Waals surface area contributed by atoms with Gasteiger partial charge in [-0.2, -0.15) is 5.10 Å². The number of hydrazone groups is 1. The summed E-state index contributed by atoms with van der Waals surface area (Å²) in [6.07, 6.45) is 5.49. The summed E-state index contributed by atoms with van der Waals surface area (Å²) in [5.41, 5.74) is 2.83. The Kier molecular flexibility index (Phi) is 11.1. The maximum absolute atomic E-state index is 11.1. The molecule has 0 atom stereocenters. The molecule has 1 N–H and O–H groups in total. The molecule has 0 bridgehead atoms. The zero-order valence-electron chi connectivity index (χ0n) is 17.9. The molecule has 8 heteroatoms. The maximum Gasteiger partial charge on any atom is 0.427 e. The van der Waals surface area contributed by atoms with Gasteiger partial charge in [0.15, 0.2) is 0 Å². The molecule has 168 valence electrons. The highest BCUT2D eigenvalue weighted by Crippen LogP contribution is 2.22. The molecule has 0 saturated carbocycles. The van der Waals surface area contributed by atoms with Crippen molar-refractivity contribution in [1.29, 1.82) is 0 Å². The highest BCUT2D eigenvalue weighted by molar-refractivity contribution is 6.30. The highest BCUT2D eigenvalue weighted by atomic mass is 35.5. The number of hydrogen-bond acceptors (Lipinski definition) is 6. The van der Waals surface area contributed by atoms with Crippen LogP contribution in [0.1, 0.15) is 38.2 Å². The molecule has 0 fully saturated rings. The molecule has 2 rings (SSSR count). The van der Waals surface area contributed by atoms with Crippen molar-refractivity contribution in [3.05, 3.63) is 53.1 Å². The Bertz CT molecular complexity index is 827. The molecule has 31 heavy (non-hydrogen) atoms. The molecule has 0 spiro atoms. The zero-order chi connectivity index (χ0) is 22.3. The molecular formula is C23H29ClN2O5. The van der Waals surface area contributed by atoms with E-state index in [0.717, 1.165) is 24.5 Å². The molecule has 0 aliphatic heterocycles. The van der Waals surface area contributed by atoms with Gasteiger partial charge in [0.25, 0.3) is 0 Å². The highest BCUT2D eigenvalue weighted by Gasteiger charge is 2.04. The van der Waals surface area contributed by atoms with Crippen molar-refractivity contribution in [2.24, 2.45) is 5.10 Å². The van der Waals surface area contributed by atoms with E-state index < -0.39 is 6.09 Å². The van der Waals surface area contributed by atoms with Crippen molar-refractivity contribution in [1.82, 2.24) is 5.43 Å². The van der Waals surface area contributed by atoms with Gasteiger partial charge in [-0.05, 0) is 48.9 Å². The predicted octanol–water partition coefficient (Wildman–Crippen LogP) is 5.45. The van der Waals surface area contributed by atoms with Gasteiger partial charge in [-0.15, -0.1) is 0 Å². The first-order valence-corrected chi connectivity index (χ1v) is 10.6. The van der Waals surface area contributed by atoms with Crippen molar-refractivity contribution in [2.75, 3.05) is 26.9 Å². The van der Waals surface area contributed by atoms with Gasteiger partial charge in [-0.1, -0.05) is 37.8 Å². The van der Waals surface area contributed by atoms with Crippen molar-refractivity contribution >= 4 is 23.9 Å². The standard InChI is InChI=1S/C23H29ClN2O5/c1-3-4-5-6-13-29-20-8-10-21(11-9-20)30-14-15-31-22-12-7-19(24)16-18(22)17-25-26-23(27)28-2/h7-12,16-17H,3-6,13-15H2,1-2H3,(H,26,27)/b25-17+. The van der Waals surface area contributed by atoms with Gasteiger partial charge < -0.3 is 18.9 Å². The van der Waals surface area contributed by atoms with Crippen LogP contribution in [0.3, 0.4) is 0 Å². The number of unbranched alkanes of at least 4 members (excludes halogenated alkanes) is 3. The molecule has 0 heterocycles. The summed E-state index contributed by atoms with van der Waals surface area (Å²) in [4.78, 5) is 11.1. The van der Waals surface area contributed by atoms with Crippen LogP contribution in [0.5, 0.6) is 17.2 Å². The normalized spacial score (nSPS) is 10.7. The van der Waals surface area contributed by atoms with Gasteiger partial charge in [0.05, 0.1) is 19.9 Å². The van der Waals surface area contributed by atoms with Crippen LogP contribution in [0, 0.1) is 0 Å². The first-order chi connectivity index (χ1) is 15.1. The summed E-state index contributed by atoms with van der Waals surface area (Å²) in [5, 5.41) is 4.33. The molecule has 0 aliphatic rings. The Hall–Kier alpha value is -2.93. The second-order valence-electron chi connectivity index (χ2n) is 6.62. The molecule has 0 aliphatic carbocycles. The maximum atomic E-state index is 11.1. The van der Waals surface area contributed by atoms with Crippen LogP contribution in [0.4, 0.5) is 4.79 Å². The van der Waals surface area contributed by atoms with E-state index in [1.807, 2.05) is 24.3 Å². The van der Waals surface area contributed by atoms with Crippen molar-refractivity contribution in [2.45, 2.75) is 32.6 Å². The van der Waals surface area contributed by atoms with E-state index in [1.165, 1.54) is 32.6 Å². The summed E-state index contributed by atoms with van der Waals surface area (Å²) in [6.45, 7) is 3.60. The third kappa shape index (κ3) is 9.61. The Morgan fingerprint density at radius 3 is 2.32 bits per heavy atom. The number of hydrogen-bond donors (Lipinski definition) is 1. The number of benzene rings is 2. The Labute approximate surface area is 188 Å². The molecule has 2 aromatic rings. The Morgan fingerprint density at radius 1 is 0.968 bits per heavy atom. The minimum atomic E-state index is -0.665. The number of carbonyl (C=O) groups excluding carboxylic acids is 1. The second-order valence-corrected chi connectivity index (χ2v) is 7.06. The number of halogens is 1. The van der Waals surface area contributed by atoms with E-state index in [2.05, 4.69) is 22.2 Å². The van der Waals surface area contributed by atoms with Crippen LogP contribution in [0.25, 0.3) is 0 Å². The van der Waals surface area contributed by atoms with Gasteiger partial charge in [0.2, 0.25) is 0 Å². The second kappa shape index (κ2) is 14.1. The lowest BCUT2D eigenvalue weighted by Gasteiger charge is -2.11. The lowest BCUT2D eigenvalue weighted by atomic mass is 10.2. The van der Waals surface area contributed by atoms with Crippen molar-refractivity contribution in [3.8, 4) is 17.2 Å². The van der Waals surface area contributed by atoms with Crippen LogP contribution in [-0.4, -0.2) is 39.2 Å². The van der Waals surface area contributed by atoms with E-state index in [0.29, 0.717) is 29.5 Å². The third-order valence-corrected chi connectivity index (χ3v) is 4.45. The largest absolute Gasteiger partial charge is 0.494 e. The number of ether oxygens (including phenoxy) is 4. The number of amides is 1. The van der Waals surface area contributed by atoms with Gasteiger partial charge in [0, 0.05) is 10.6 Å². The molecule has 0 aromatic heterocycles. The molecule has 2 aromatic carbocycles. The van der Waals surface area contributed by atoms with Crippen LogP contribution >= 0.6 is 11.6 Å². The fourth-order valence-corrected chi connectivity index (χ4v) is 2.79. The fraction of sp³-hybridized carbons (Fsp3) is 0.391. The van der Waals surface area contributed by atoms with E-state index in [1.54, 1.807) is 18.2 Å². The van der Waals surface area contributed by atoms with Crippen LogP contribution in [-0.2, 0) is 4.74 Å². The summed E-state index contributed by atoms with van der Waals surface area (Å²) >= 11 is 6.03. The lowest BCUT2D eigenvalue weighted by molar-refractivity contribution is 0.171. The predicted molar refractivity (Wildman–Crippen MR) is 122 cm³/mol. The fourth-order valence-electron chi connectivity index (χ4n) is 2.61. The zero-order valence-corrected chi connectivity index (χ0v) is 18.7. The van der Waals surface area contributed by atoms with Gasteiger partial charge in [-0.3, -0.25) is 0 Å². The molecule has 1 amide bonds. The lowest BCUT2D eigenvalue weighted by Crippen LogP contribution is -2.17. The summed E-state index contributed by atoms with van der Waals surface area (Å²) in [7, 11) is 1.26. The number of methoxy groups -OCH3 is 1. The average molecular weight is 449 g/mol. The van der Waals surface area contributed by atoms with Crippen LogP contribution in [0.2, 0.25) is 5.02 Å². The van der Waals surface area contributed by atoms with Crippen LogP contribution < -0.4 is 19.6 Å². The monoisotopic (exact) mass is 448 g/mol. The summed E-state index contributed by atoms with van der Waals surface area (Å²) in [6, 6.07) is 12.7. The summed E-state index contributed by atoms with van der Waals surface area (Å²) < 4.78 is 21.7. The number of rotatable bonds is 13. The quantitative estimate of drug-likeness (QED) is 0.250. The third-order valence-electron chi connectivity index (χ3n) is 4.22.